The van der Waals surface area contributed by atoms with Crippen LogP contribution in [0.15, 0.2) is 0 Å². The van der Waals surface area contributed by atoms with Gasteiger partial charge in [0.05, 0.1) is 6.54 Å². The van der Waals surface area contributed by atoms with Gasteiger partial charge in [0.1, 0.15) is 0 Å². The van der Waals surface area contributed by atoms with Crippen LogP contribution in [0.2, 0.25) is 0 Å². The molecule has 0 aromatic heterocycles. The molecule has 5 nitrogen and oxygen atoms in total. The summed E-state index contributed by atoms with van der Waals surface area (Å²) in [6.45, 7) is 3.84. The van der Waals surface area contributed by atoms with Gasteiger partial charge in [0, 0.05) is 20.1 Å². The molecule has 1 fully saturated rings. The van der Waals surface area contributed by atoms with Crippen molar-refractivity contribution in [3.05, 3.63) is 0 Å². The zero-order valence-electron chi connectivity index (χ0n) is 9.38. The largest absolute Gasteiger partial charge is 0.358 e. The van der Waals surface area contributed by atoms with Crippen molar-refractivity contribution >= 4 is 11.9 Å². The zero-order chi connectivity index (χ0) is 11.3. The Hall–Kier alpha value is -1.26. The maximum atomic E-state index is 11.6. The number of rotatable bonds is 2. The molecule has 3 amide bonds. The molecule has 0 saturated carbocycles. The predicted octanol–water partition coefficient (Wildman–Crippen LogP) is 0.174. The fourth-order valence-electron chi connectivity index (χ4n) is 1.57. The van der Waals surface area contributed by atoms with E-state index in [1.165, 1.54) is 0 Å². The van der Waals surface area contributed by atoms with E-state index in [9.17, 15) is 9.59 Å². The van der Waals surface area contributed by atoms with E-state index in [2.05, 4.69) is 17.6 Å². The summed E-state index contributed by atoms with van der Waals surface area (Å²) in [5.74, 6) is 0.529. The molecule has 0 unspecified atom stereocenters. The molecule has 86 valence electrons. The molecule has 5 heteroatoms. The number of piperidine rings is 1. The number of amides is 3. The summed E-state index contributed by atoms with van der Waals surface area (Å²) >= 11 is 0. The summed E-state index contributed by atoms with van der Waals surface area (Å²) in [5.41, 5.74) is 0. The molecule has 0 atom stereocenters. The number of carbonyl (C=O) groups excluding carboxylic acids is 2. The smallest absolute Gasteiger partial charge is 0.317 e. The topological polar surface area (TPSA) is 61.4 Å². The Labute approximate surface area is 90.2 Å². The van der Waals surface area contributed by atoms with Crippen molar-refractivity contribution in [2.24, 2.45) is 5.92 Å². The Morgan fingerprint density at radius 3 is 2.47 bits per heavy atom. The van der Waals surface area contributed by atoms with Gasteiger partial charge in [-0.2, -0.15) is 0 Å². The van der Waals surface area contributed by atoms with Crippen LogP contribution in [0.1, 0.15) is 19.8 Å². The van der Waals surface area contributed by atoms with Crippen LogP contribution < -0.4 is 10.6 Å². The molecule has 1 saturated heterocycles. The number of likely N-dealkylation sites (N-methyl/N-ethyl adjacent to an activating group) is 1. The summed E-state index contributed by atoms with van der Waals surface area (Å²) in [7, 11) is 1.55. The highest BCUT2D eigenvalue weighted by Crippen LogP contribution is 2.15. The highest BCUT2D eigenvalue weighted by Gasteiger charge is 2.20. The standard InChI is InChI=1S/C10H19N3O2/c1-8-3-5-13(6-4-8)10(15)12-7-9(14)11-2/h8H,3-7H2,1-2H3,(H,11,14)(H,12,15). The van der Waals surface area contributed by atoms with Crippen LogP contribution in [-0.2, 0) is 4.79 Å². The third-order valence-corrected chi connectivity index (χ3v) is 2.75. The summed E-state index contributed by atoms with van der Waals surface area (Å²) in [5, 5.41) is 5.05. The Morgan fingerprint density at radius 1 is 1.33 bits per heavy atom. The second kappa shape index (κ2) is 5.58. The van der Waals surface area contributed by atoms with Crippen LogP contribution >= 0.6 is 0 Å². The SMILES string of the molecule is CNC(=O)CNC(=O)N1CCC(C)CC1. The van der Waals surface area contributed by atoms with E-state index in [4.69, 9.17) is 0 Å². The second-order valence-corrected chi connectivity index (χ2v) is 4.00. The van der Waals surface area contributed by atoms with E-state index < -0.39 is 0 Å². The predicted molar refractivity (Wildman–Crippen MR) is 57.4 cm³/mol. The van der Waals surface area contributed by atoms with Crippen LogP contribution in [0.4, 0.5) is 4.79 Å². The number of hydrogen-bond donors (Lipinski definition) is 2. The molecule has 0 bridgehead atoms. The summed E-state index contributed by atoms with van der Waals surface area (Å²) in [6, 6.07) is -0.134. The van der Waals surface area contributed by atoms with Crippen molar-refractivity contribution in [1.29, 1.82) is 0 Å². The normalized spacial score (nSPS) is 17.3. The van der Waals surface area contributed by atoms with Crippen molar-refractivity contribution < 1.29 is 9.59 Å². The number of carbonyl (C=O) groups is 2. The third-order valence-electron chi connectivity index (χ3n) is 2.75. The summed E-state index contributed by atoms with van der Waals surface area (Å²) in [4.78, 5) is 24.2. The van der Waals surface area contributed by atoms with E-state index in [0.29, 0.717) is 5.92 Å². The average molecular weight is 213 g/mol. The molecular formula is C10H19N3O2. The lowest BCUT2D eigenvalue weighted by Crippen LogP contribution is -2.46. The van der Waals surface area contributed by atoms with Crippen molar-refractivity contribution in [2.45, 2.75) is 19.8 Å². The van der Waals surface area contributed by atoms with E-state index >= 15 is 0 Å². The van der Waals surface area contributed by atoms with Crippen molar-refractivity contribution in [2.75, 3.05) is 26.7 Å². The van der Waals surface area contributed by atoms with Crippen molar-refractivity contribution in [3.63, 3.8) is 0 Å². The molecule has 1 aliphatic rings. The van der Waals surface area contributed by atoms with Crippen LogP contribution in [0.25, 0.3) is 0 Å². The molecule has 0 aromatic rings. The van der Waals surface area contributed by atoms with Gasteiger partial charge in [0.2, 0.25) is 5.91 Å². The van der Waals surface area contributed by atoms with E-state index in [0.717, 1.165) is 25.9 Å². The number of urea groups is 1. The van der Waals surface area contributed by atoms with Gasteiger partial charge in [0.25, 0.3) is 0 Å². The lowest BCUT2D eigenvalue weighted by atomic mass is 10.00. The molecule has 0 aromatic carbocycles. The molecule has 0 radical (unpaired) electrons. The summed E-state index contributed by atoms with van der Waals surface area (Å²) in [6.07, 6.45) is 2.10. The second-order valence-electron chi connectivity index (χ2n) is 4.00. The molecular weight excluding hydrogens is 194 g/mol. The number of nitrogens with zero attached hydrogens (tertiary/aromatic N) is 1. The third kappa shape index (κ3) is 3.77. The van der Waals surface area contributed by atoms with Gasteiger partial charge in [-0.3, -0.25) is 4.79 Å². The minimum absolute atomic E-state index is 0.0569. The van der Waals surface area contributed by atoms with Gasteiger partial charge < -0.3 is 15.5 Å². The van der Waals surface area contributed by atoms with E-state index in [1.54, 1.807) is 11.9 Å². The quantitative estimate of drug-likeness (QED) is 0.687. The maximum Gasteiger partial charge on any atom is 0.317 e. The molecule has 0 aliphatic carbocycles. The Balaban J connectivity index is 2.25. The van der Waals surface area contributed by atoms with Crippen LogP contribution in [0, 0.1) is 5.92 Å². The lowest BCUT2D eigenvalue weighted by Gasteiger charge is -2.30. The van der Waals surface area contributed by atoms with Gasteiger partial charge in [-0.1, -0.05) is 6.92 Å². The van der Waals surface area contributed by atoms with Crippen LogP contribution in [-0.4, -0.2) is 43.5 Å². The first-order valence-electron chi connectivity index (χ1n) is 5.37. The lowest BCUT2D eigenvalue weighted by molar-refractivity contribution is -0.119. The van der Waals surface area contributed by atoms with Gasteiger partial charge in [0.15, 0.2) is 0 Å². The van der Waals surface area contributed by atoms with Gasteiger partial charge in [-0.15, -0.1) is 0 Å². The number of hydrogen-bond acceptors (Lipinski definition) is 2. The first kappa shape index (κ1) is 11.8. The minimum atomic E-state index is -0.172. The zero-order valence-corrected chi connectivity index (χ0v) is 9.38. The van der Waals surface area contributed by atoms with Gasteiger partial charge in [-0.25, -0.2) is 4.79 Å². The number of likely N-dealkylation sites (tertiary alicyclic amines) is 1. The van der Waals surface area contributed by atoms with E-state index in [-0.39, 0.29) is 18.5 Å². The Morgan fingerprint density at radius 2 is 1.93 bits per heavy atom. The maximum absolute atomic E-state index is 11.6. The minimum Gasteiger partial charge on any atom is -0.358 e. The molecule has 1 aliphatic heterocycles. The highest BCUT2D eigenvalue weighted by atomic mass is 16.2. The van der Waals surface area contributed by atoms with Gasteiger partial charge >= 0.3 is 6.03 Å². The first-order valence-corrected chi connectivity index (χ1v) is 5.37. The molecule has 1 rings (SSSR count). The Kier molecular flexibility index (Phi) is 4.39. The van der Waals surface area contributed by atoms with E-state index in [1.807, 2.05) is 0 Å². The number of nitrogens with one attached hydrogen (secondary N) is 2. The molecule has 0 spiro atoms. The average Bonchev–Trinajstić information content (AvgIpc) is 2.26. The van der Waals surface area contributed by atoms with Crippen molar-refractivity contribution in [3.8, 4) is 0 Å². The van der Waals surface area contributed by atoms with Gasteiger partial charge in [-0.05, 0) is 18.8 Å². The van der Waals surface area contributed by atoms with Crippen LogP contribution in [0.3, 0.4) is 0 Å². The first-order chi connectivity index (χ1) is 7.13. The van der Waals surface area contributed by atoms with Crippen molar-refractivity contribution in [1.82, 2.24) is 15.5 Å². The highest BCUT2D eigenvalue weighted by molar-refractivity contribution is 5.83. The summed E-state index contributed by atoms with van der Waals surface area (Å²) < 4.78 is 0. The molecule has 15 heavy (non-hydrogen) atoms. The Bertz CT molecular complexity index is 235. The molecule has 2 N–H and O–H groups in total. The fraction of sp³-hybridized carbons (Fsp3) is 0.800. The molecule has 1 heterocycles. The monoisotopic (exact) mass is 213 g/mol. The fourth-order valence-corrected chi connectivity index (χ4v) is 1.57. The van der Waals surface area contributed by atoms with Crippen LogP contribution in [0.5, 0.6) is 0 Å².